The van der Waals surface area contributed by atoms with Gasteiger partial charge in [0.2, 0.25) is 0 Å². The Hall–Kier alpha value is -0.120. The average Bonchev–Trinajstić information content (AvgIpc) is 3.31. The van der Waals surface area contributed by atoms with Crippen LogP contribution in [0.5, 0.6) is 0 Å². The molecule has 0 aliphatic carbocycles. The maximum Gasteiger partial charge on any atom is 0.0121 e. The van der Waals surface area contributed by atoms with Gasteiger partial charge in [-0.15, -0.1) is 0 Å². The van der Waals surface area contributed by atoms with E-state index in [-0.39, 0.29) is 7.43 Å². The largest absolute Gasteiger partial charge is 0.301 e. The normalized spacial score (nSPS) is 24.8. The van der Waals surface area contributed by atoms with E-state index in [0.717, 1.165) is 53.8 Å². The summed E-state index contributed by atoms with van der Waals surface area (Å²) in [5, 5.41) is 0. The van der Waals surface area contributed by atoms with Crippen molar-refractivity contribution in [2.24, 2.45) is 29.6 Å². The first-order valence-corrected chi connectivity index (χ1v) is 15.6. The van der Waals surface area contributed by atoms with Crippen molar-refractivity contribution >= 4 is 0 Å². The van der Waals surface area contributed by atoms with Crippen LogP contribution in [0.3, 0.4) is 0 Å². The predicted molar refractivity (Wildman–Crippen MR) is 165 cm³/mol. The lowest BCUT2D eigenvalue weighted by Crippen LogP contribution is -2.41. The van der Waals surface area contributed by atoms with Gasteiger partial charge in [-0.05, 0) is 136 Å². The van der Waals surface area contributed by atoms with Crippen molar-refractivity contribution in [1.29, 1.82) is 0 Å². The van der Waals surface area contributed by atoms with Gasteiger partial charge in [0.05, 0.1) is 0 Å². The molecule has 3 heterocycles. The van der Waals surface area contributed by atoms with Gasteiger partial charge in [0.25, 0.3) is 0 Å². The Kier molecular flexibility index (Phi) is 18.2. The molecule has 3 heteroatoms. The lowest BCUT2D eigenvalue weighted by Gasteiger charge is -2.37. The smallest absolute Gasteiger partial charge is 0.0121 e. The van der Waals surface area contributed by atoms with E-state index in [1.165, 1.54) is 71.2 Å². The molecule has 3 aliphatic rings. The van der Waals surface area contributed by atoms with Crippen LogP contribution in [0, 0.1) is 29.6 Å². The summed E-state index contributed by atoms with van der Waals surface area (Å²) in [5.41, 5.74) is 0. The molecular weight excluding hydrogens is 438 g/mol. The molecule has 2 unspecified atom stereocenters. The van der Waals surface area contributed by atoms with Gasteiger partial charge in [-0.1, -0.05) is 49.0 Å². The summed E-state index contributed by atoms with van der Waals surface area (Å²) in [5.74, 6) is 4.52. The van der Waals surface area contributed by atoms with Crippen LogP contribution in [-0.4, -0.2) is 71.6 Å². The SMILES string of the molecule is C.CC(C)C1CCCN(C(C)C)C1.CC(C)C1CCCN1C(C)C.CC(C)C1CCN(C(C)C)CC1. The maximum atomic E-state index is 2.64. The van der Waals surface area contributed by atoms with Crippen LogP contribution in [0.2, 0.25) is 0 Å². The minimum absolute atomic E-state index is 0. The van der Waals surface area contributed by atoms with Crippen molar-refractivity contribution in [2.75, 3.05) is 32.7 Å². The highest BCUT2D eigenvalue weighted by Gasteiger charge is 2.28. The zero-order valence-corrected chi connectivity index (χ0v) is 26.3. The molecule has 0 aromatic heterocycles. The first kappa shape index (κ1) is 35.9. The number of piperidine rings is 2. The average molecular weight is 510 g/mol. The van der Waals surface area contributed by atoms with Crippen LogP contribution in [0.25, 0.3) is 0 Å². The van der Waals surface area contributed by atoms with E-state index in [4.69, 9.17) is 0 Å². The summed E-state index contributed by atoms with van der Waals surface area (Å²) in [6.07, 6.45) is 8.49. The van der Waals surface area contributed by atoms with Crippen molar-refractivity contribution in [3.63, 3.8) is 0 Å². The maximum absolute atomic E-state index is 2.64. The van der Waals surface area contributed by atoms with Gasteiger partial charge in [0, 0.05) is 30.7 Å². The molecule has 3 rings (SSSR count). The standard InChI is InChI=1S/2C11H23N.C10H21N.CH4/c1-9(2)11-5-7-12(8-6-11)10(3)4;1-9(2)11-6-5-7-12(8-11)10(3)4;1-8(2)10-6-5-7-11(10)9(3)4;/h2*9-11H,5-8H2,1-4H3;8-10H,5-7H2,1-4H3;1H4. The van der Waals surface area contributed by atoms with E-state index in [2.05, 4.69) is 97.8 Å². The fourth-order valence-electron chi connectivity index (χ4n) is 6.33. The van der Waals surface area contributed by atoms with E-state index in [9.17, 15) is 0 Å². The van der Waals surface area contributed by atoms with Gasteiger partial charge in [-0.3, -0.25) is 4.90 Å². The fourth-order valence-corrected chi connectivity index (χ4v) is 6.33. The molecule has 36 heavy (non-hydrogen) atoms. The molecule has 2 atom stereocenters. The third kappa shape index (κ3) is 12.6. The molecule has 0 aromatic carbocycles. The Balaban J connectivity index is 0.000000504. The molecule has 0 spiro atoms. The van der Waals surface area contributed by atoms with Crippen molar-refractivity contribution in [1.82, 2.24) is 14.7 Å². The van der Waals surface area contributed by atoms with Crippen molar-refractivity contribution < 1.29 is 0 Å². The van der Waals surface area contributed by atoms with E-state index in [0.29, 0.717) is 0 Å². The Morgan fingerprint density at radius 2 is 0.972 bits per heavy atom. The molecule has 0 saturated carbocycles. The van der Waals surface area contributed by atoms with Crippen LogP contribution >= 0.6 is 0 Å². The second-order valence-corrected chi connectivity index (χ2v) is 13.7. The molecule has 0 bridgehead atoms. The molecule has 218 valence electrons. The first-order valence-electron chi connectivity index (χ1n) is 15.6. The van der Waals surface area contributed by atoms with E-state index >= 15 is 0 Å². The quantitative estimate of drug-likeness (QED) is 0.354. The molecule has 3 aliphatic heterocycles. The van der Waals surface area contributed by atoms with Crippen LogP contribution in [0.1, 0.15) is 129 Å². The van der Waals surface area contributed by atoms with Gasteiger partial charge < -0.3 is 9.80 Å². The van der Waals surface area contributed by atoms with Crippen LogP contribution < -0.4 is 0 Å². The minimum Gasteiger partial charge on any atom is -0.301 e. The van der Waals surface area contributed by atoms with Crippen molar-refractivity contribution in [3.05, 3.63) is 0 Å². The van der Waals surface area contributed by atoms with E-state index < -0.39 is 0 Å². The molecule has 3 fully saturated rings. The van der Waals surface area contributed by atoms with Crippen molar-refractivity contribution in [3.8, 4) is 0 Å². The molecule has 0 amide bonds. The number of rotatable bonds is 6. The summed E-state index contributed by atoms with van der Waals surface area (Å²) in [6, 6.07) is 3.09. The van der Waals surface area contributed by atoms with Gasteiger partial charge in [0.1, 0.15) is 0 Å². The Labute approximate surface area is 230 Å². The fraction of sp³-hybridized carbons (Fsp3) is 1.00. The van der Waals surface area contributed by atoms with E-state index in [1.54, 1.807) is 0 Å². The number of hydrogen-bond donors (Lipinski definition) is 0. The van der Waals surface area contributed by atoms with Crippen molar-refractivity contribution in [2.45, 2.75) is 153 Å². The molecule has 0 aromatic rings. The summed E-state index contributed by atoms with van der Waals surface area (Å²) < 4.78 is 0. The van der Waals surface area contributed by atoms with Crippen LogP contribution in [-0.2, 0) is 0 Å². The van der Waals surface area contributed by atoms with Crippen LogP contribution in [0.15, 0.2) is 0 Å². The van der Waals surface area contributed by atoms with Gasteiger partial charge in [-0.25, -0.2) is 0 Å². The summed E-state index contributed by atoms with van der Waals surface area (Å²) in [4.78, 5) is 7.86. The second-order valence-electron chi connectivity index (χ2n) is 13.7. The van der Waals surface area contributed by atoms with Gasteiger partial charge in [-0.2, -0.15) is 0 Å². The predicted octanol–water partition coefficient (Wildman–Crippen LogP) is 8.68. The highest BCUT2D eigenvalue weighted by atomic mass is 15.2. The Bertz CT molecular complexity index is 473. The van der Waals surface area contributed by atoms with Crippen LogP contribution in [0.4, 0.5) is 0 Å². The number of likely N-dealkylation sites (tertiary alicyclic amines) is 3. The Morgan fingerprint density at radius 1 is 0.472 bits per heavy atom. The zero-order valence-electron chi connectivity index (χ0n) is 26.3. The third-order valence-corrected chi connectivity index (χ3v) is 9.18. The lowest BCUT2D eigenvalue weighted by atomic mass is 9.86. The lowest BCUT2D eigenvalue weighted by molar-refractivity contribution is 0.117. The highest BCUT2D eigenvalue weighted by Crippen LogP contribution is 2.26. The summed E-state index contributed by atoms with van der Waals surface area (Å²) >= 11 is 0. The Morgan fingerprint density at radius 3 is 1.36 bits per heavy atom. The summed E-state index contributed by atoms with van der Waals surface area (Å²) in [7, 11) is 0. The molecule has 0 radical (unpaired) electrons. The minimum atomic E-state index is 0. The topological polar surface area (TPSA) is 9.72 Å². The molecule has 0 N–H and O–H groups in total. The van der Waals surface area contributed by atoms with E-state index in [1.807, 2.05) is 0 Å². The highest BCUT2D eigenvalue weighted by molar-refractivity contribution is 4.83. The molecule has 3 nitrogen and oxygen atoms in total. The third-order valence-electron chi connectivity index (χ3n) is 9.18. The number of nitrogens with zero attached hydrogens (tertiary/aromatic N) is 3. The zero-order chi connectivity index (χ0) is 26.7. The molecule has 3 saturated heterocycles. The second kappa shape index (κ2) is 18.2. The molecular formula is C33H71N3. The van der Waals surface area contributed by atoms with Gasteiger partial charge >= 0.3 is 0 Å². The summed E-state index contributed by atoms with van der Waals surface area (Å²) in [6.45, 7) is 34.5. The first-order chi connectivity index (χ1) is 16.3. The monoisotopic (exact) mass is 510 g/mol. The van der Waals surface area contributed by atoms with Gasteiger partial charge in [0.15, 0.2) is 0 Å². The number of hydrogen-bond acceptors (Lipinski definition) is 3.